The van der Waals surface area contributed by atoms with E-state index in [-0.39, 0.29) is 5.54 Å². The van der Waals surface area contributed by atoms with Crippen LogP contribution in [0.1, 0.15) is 12.8 Å². The van der Waals surface area contributed by atoms with Gasteiger partial charge in [0.05, 0.1) is 0 Å². The van der Waals surface area contributed by atoms with Gasteiger partial charge in [0.2, 0.25) is 0 Å². The highest BCUT2D eigenvalue weighted by Crippen LogP contribution is 2.38. The van der Waals surface area contributed by atoms with Gasteiger partial charge in [-0.2, -0.15) is 0 Å². The Morgan fingerprint density at radius 1 is 1.57 bits per heavy atom. The smallest absolute Gasteiger partial charge is 0.206 e. The monoisotopic (exact) mass is 251 g/mol. The molecule has 0 unspecified atom stereocenters. The van der Waals surface area contributed by atoms with Crippen LogP contribution in [-0.2, 0) is 10.0 Å². The molecule has 2 rings (SSSR count). The van der Waals surface area contributed by atoms with E-state index >= 15 is 0 Å². The van der Waals surface area contributed by atoms with E-state index in [2.05, 4.69) is 4.72 Å². The second-order valence-electron chi connectivity index (χ2n) is 3.45. The van der Waals surface area contributed by atoms with E-state index in [9.17, 15) is 8.42 Å². The van der Waals surface area contributed by atoms with Gasteiger partial charge in [-0.15, -0.1) is 22.9 Å². The maximum absolute atomic E-state index is 11.7. The fraction of sp³-hybridized carbons (Fsp3) is 0.500. The van der Waals surface area contributed by atoms with E-state index in [4.69, 9.17) is 11.6 Å². The van der Waals surface area contributed by atoms with Gasteiger partial charge in [0.1, 0.15) is 4.21 Å². The molecule has 0 saturated heterocycles. The Hall–Kier alpha value is -0.100. The summed E-state index contributed by atoms with van der Waals surface area (Å²) in [6, 6.07) is 3.32. The molecule has 78 valence electrons. The molecule has 0 amide bonds. The van der Waals surface area contributed by atoms with Crippen molar-refractivity contribution in [2.24, 2.45) is 0 Å². The van der Waals surface area contributed by atoms with E-state index in [0.29, 0.717) is 10.1 Å². The van der Waals surface area contributed by atoms with Crippen LogP contribution in [0.15, 0.2) is 21.7 Å². The van der Waals surface area contributed by atoms with E-state index in [0.717, 1.165) is 12.8 Å². The lowest BCUT2D eigenvalue weighted by Gasteiger charge is -2.12. The fourth-order valence-corrected chi connectivity index (χ4v) is 4.03. The van der Waals surface area contributed by atoms with Crippen molar-refractivity contribution in [3.8, 4) is 0 Å². The summed E-state index contributed by atoms with van der Waals surface area (Å²) in [6.45, 7) is 0. The number of halogens is 1. The average Bonchev–Trinajstić information content (AvgIpc) is 2.70. The molecule has 0 spiro atoms. The van der Waals surface area contributed by atoms with E-state index in [1.807, 2.05) is 0 Å². The van der Waals surface area contributed by atoms with E-state index in [1.54, 1.807) is 17.5 Å². The molecule has 1 aliphatic carbocycles. The van der Waals surface area contributed by atoms with Crippen LogP contribution >= 0.6 is 22.9 Å². The van der Waals surface area contributed by atoms with Crippen molar-refractivity contribution >= 4 is 33.0 Å². The SMILES string of the molecule is O=S(=O)(NC1(CCl)CC1)c1cccs1. The van der Waals surface area contributed by atoms with Crippen molar-refractivity contribution in [2.45, 2.75) is 22.6 Å². The number of alkyl halides is 1. The predicted octanol–water partition coefficient (Wildman–Crippen LogP) is 1.80. The first kappa shape index (κ1) is 10.4. The minimum atomic E-state index is -3.34. The molecule has 6 heteroatoms. The zero-order valence-electron chi connectivity index (χ0n) is 7.36. The molecule has 1 N–H and O–H groups in total. The van der Waals surface area contributed by atoms with Crippen molar-refractivity contribution in [3.63, 3.8) is 0 Å². The van der Waals surface area contributed by atoms with Crippen LogP contribution in [0.25, 0.3) is 0 Å². The van der Waals surface area contributed by atoms with Crippen LogP contribution in [0, 0.1) is 0 Å². The minimum absolute atomic E-state index is 0.345. The third-order valence-electron chi connectivity index (χ3n) is 2.22. The van der Waals surface area contributed by atoms with Gasteiger partial charge in [-0.25, -0.2) is 13.1 Å². The first-order valence-corrected chi connectivity index (χ1v) is 7.11. The summed E-state index contributed by atoms with van der Waals surface area (Å²) in [6.07, 6.45) is 1.67. The second-order valence-corrected chi connectivity index (χ2v) is 6.58. The van der Waals surface area contributed by atoms with Gasteiger partial charge < -0.3 is 0 Å². The van der Waals surface area contributed by atoms with Gasteiger partial charge in [-0.1, -0.05) is 6.07 Å². The number of nitrogens with one attached hydrogen (secondary N) is 1. The highest BCUT2D eigenvalue weighted by molar-refractivity contribution is 7.91. The second kappa shape index (κ2) is 3.48. The van der Waals surface area contributed by atoms with Crippen molar-refractivity contribution in [2.75, 3.05) is 5.88 Å². The molecule has 0 radical (unpaired) electrons. The molecule has 3 nitrogen and oxygen atoms in total. The highest BCUT2D eigenvalue weighted by atomic mass is 35.5. The Bertz CT molecular complexity index is 409. The van der Waals surface area contributed by atoms with Gasteiger partial charge in [-0.05, 0) is 24.3 Å². The standard InChI is InChI=1S/C8H10ClNO2S2/c9-6-8(3-4-8)10-14(11,12)7-2-1-5-13-7/h1-2,5,10H,3-4,6H2. The van der Waals surface area contributed by atoms with Crippen LogP contribution in [0.2, 0.25) is 0 Å². The van der Waals surface area contributed by atoms with Crippen LogP contribution < -0.4 is 4.72 Å². The van der Waals surface area contributed by atoms with Crippen molar-refractivity contribution < 1.29 is 8.42 Å². The Morgan fingerprint density at radius 3 is 2.71 bits per heavy atom. The Labute approximate surface area is 92.1 Å². The van der Waals surface area contributed by atoms with Crippen LogP contribution in [-0.4, -0.2) is 19.8 Å². The topological polar surface area (TPSA) is 46.2 Å². The number of hydrogen-bond acceptors (Lipinski definition) is 3. The molecule has 1 aliphatic rings. The molecule has 1 aromatic rings. The lowest BCUT2D eigenvalue weighted by molar-refractivity contribution is 0.561. The Balaban J connectivity index is 2.19. The molecule has 1 fully saturated rings. The highest BCUT2D eigenvalue weighted by Gasteiger charge is 2.45. The third-order valence-corrected chi connectivity index (χ3v) is 5.71. The molecule has 1 heterocycles. The summed E-state index contributed by atoms with van der Waals surface area (Å²) < 4.78 is 26.5. The van der Waals surface area contributed by atoms with Gasteiger partial charge in [0.25, 0.3) is 10.0 Å². The number of sulfonamides is 1. The van der Waals surface area contributed by atoms with Crippen LogP contribution in [0.5, 0.6) is 0 Å². The van der Waals surface area contributed by atoms with Crippen molar-refractivity contribution in [1.82, 2.24) is 4.72 Å². The molecule has 1 aromatic heterocycles. The van der Waals surface area contributed by atoms with Gasteiger partial charge in [0.15, 0.2) is 0 Å². The summed E-state index contributed by atoms with van der Waals surface area (Å²) in [5.41, 5.74) is -0.371. The molecule has 0 aromatic carbocycles. The largest absolute Gasteiger partial charge is 0.250 e. The molecule has 1 saturated carbocycles. The number of rotatable bonds is 4. The van der Waals surface area contributed by atoms with Crippen LogP contribution in [0.4, 0.5) is 0 Å². The minimum Gasteiger partial charge on any atom is -0.206 e. The number of hydrogen-bond donors (Lipinski definition) is 1. The Kier molecular flexibility index (Phi) is 2.59. The quantitative estimate of drug-likeness (QED) is 0.830. The van der Waals surface area contributed by atoms with Gasteiger partial charge in [-0.3, -0.25) is 0 Å². The van der Waals surface area contributed by atoms with E-state index < -0.39 is 10.0 Å². The lowest BCUT2D eigenvalue weighted by Crippen LogP contribution is -2.37. The fourth-order valence-electron chi connectivity index (χ4n) is 1.17. The zero-order valence-corrected chi connectivity index (χ0v) is 9.75. The Morgan fingerprint density at radius 2 is 2.29 bits per heavy atom. The number of thiophene rings is 1. The summed E-state index contributed by atoms with van der Waals surface area (Å²) in [5, 5.41) is 1.74. The first-order chi connectivity index (χ1) is 6.58. The predicted molar refractivity (Wildman–Crippen MR) is 57.3 cm³/mol. The van der Waals surface area contributed by atoms with Crippen molar-refractivity contribution in [3.05, 3.63) is 17.5 Å². The maximum atomic E-state index is 11.7. The lowest BCUT2D eigenvalue weighted by atomic mass is 10.4. The summed E-state index contributed by atoms with van der Waals surface area (Å²) in [5.74, 6) is 0.345. The molecular weight excluding hydrogens is 242 g/mol. The zero-order chi connectivity index (χ0) is 10.2. The van der Waals surface area contributed by atoms with Crippen LogP contribution in [0.3, 0.4) is 0 Å². The average molecular weight is 252 g/mol. The van der Waals surface area contributed by atoms with Gasteiger partial charge in [0, 0.05) is 11.4 Å². The molecule has 0 aliphatic heterocycles. The summed E-state index contributed by atoms with van der Waals surface area (Å²) in [7, 11) is -3.34. The maximum Gasteiger partial charge on any atom is 0.250 e. The molecular formula is C8H10ClNO2S2. The summed E-state index contributed by atoms with van der Waals surface area (Å²) >= 11 is 6.91. The van der Waals surface area contributed by atoms with E-state index in [1.165, 1.54) is 11.3 Å². The molecule has 0 atom stereocenters. The third kappa shape index (κ3) is 1.95. The first-order valence-electron chi connectivity index (χ1n) is 4.21. The molecule has 14 heavy (non-hydrogen) atoms. The summed E-state index contributed by atoms with van der Waals surface area (Å²) in [4.78, 5) is 0. The molecule has 0 bridgehead atoms. The normalized spacial score (nSPS) is 19.5. The van der Waals surface area contributed by atoms with Crippen molar-refractivity contribution in [1.29, 1.82) is 0 Å². The van der Waals surface area contributed by atoms with Gasteiger partial charge >= 0.3 is 0 Å².